The first-order chi connectivity index (χ1) is 5.33. The van der Waals surface area contributed by atoms with Crippen molar-refractivity contribution in [3.63, 3.8) is 0 Å². The Kier molecular flexibility index (Phi) is 9.58. The summed E-state index contributed by atoms with van der Waals surface area (Å²) in [4.78, 5) is 0. The van der Waals surface area contributed by atoms with E-state index in [0.29, 0.717) is 0 Å². The second-order valence-electron chi connectivity index (χ2n) is 3.33. The van der Waals surface area contributed by atoms with Crippen molar-refractivity contribution in [2.75, 3.05) is 13.7 Å². The van der Waals surface area contributed by atoms with Crippen molar-refractivity contribution < 1.29 is 4.74 Å². The first-order valence-electron chi connectivity index (χ1n) is 4.32. The fourth-order valence-corrected chi connectivity index (χ4v) is 1.84. The summed E-state index contributed by atoms with van der Waals surface area (Å²) in [7, 11) is 1.78. The maximum absolute atomic E-state index is 5.48. The quantitative estimate of drug-likeness (QED) is 0.573. The Bertz CT molecular complexity index is 113. The van der Waals surface area contributed by atoms with Crippen molar-refractivity contribution in [3.05, 3.63) is 0 Å². The van der Waals surface area contributed by atoms with Gasteiger partial charge in [-0.2, -0.15) is 0 Å². The van der Waals surface area contributed by atoms with E-state index in [1.54, 1.807) is 7.11 Å². The van der Waals surface area contributed by atoms with Crippen LogP contribution in [-0.4, -0.2) is 19.3 Å². The number of halogens is 2. The first kappa shape index (κ1) is 15.9. The van der Waals surface area contributed by atoms with E-state index in [0.717, 1.165) is 19.4 Å². The molecule has 0 radical (unpaired) electrons. The number of methoxy groups -OCH3 is 1. The van der Waals surface area contributed by atoms with Crippen LogP contribution >= 0.6 is 24.8 Å². The molecule has 1 aliphatic rings. The van der Waals surface area contributed by atoms with E-state index < -0.39 is 0 Å². The lowest BCUT2D eigenvalue weighted by Crippen LogP contribution is -2.46. The SMILES string of the molecule is COC1(CNN)CCCCC1.Cl.Cl. The summed E-state index contributed by atoms with van der Waals surface area (Å²) in [6.45, 7) is 0.781. The number of hydrazine groups is 1. The van der Waals surface area contributed by atoms with Gasteiger partial charge in [-0.05, 0) is 12.8 Å². The molecule has 0 aromatic carbocycles. The molecule has 82 valence electrons. The summed E-state index contributed by atoms with van der Waals surface area (Å²) in [6, 6.07) is 0. The molecule has 1 aliphatic carbocycles. The molecule has 1 fully saturated rings. The van der Waals surface area contributed by atoms with E-state index >= 15 is 0 Å². The van der Waals surface area contributed by atoms with Crippen molar-refractivity contribution in [2.24, 2.45) is 5.84 Å². The third-order valence-corrected chi connectivity index (χ3v) is 2.62. The average Bonchev–Trinajstić information content (AvgIpc) is 2.07. The topological polar surface area (TPSA) is 47.3 Å². The van der Waals surface area contributed by atoms with Crippen LogP contribution in [0, 0.1) is 0 Å². The molecule has 0 saturated heterocycles. The van der Waals surface area contributed by atoms with Gasteiger partial charge in [-0.15, -0.1) is 24.8 Å². The molecular formula is C8H20Cl2N2O. The minimum atomic E-state index is 0. The van der Waals surface area contributed by atoms with Gasteiger partial charge < -0.3 is 4.74 Å². The molecule has 5 heteroatoms. The third kappa shape index (κ3) is 4.47. The first-order valence-corrected chi connectivity index (χ1v) is 4.32. The van der Waals surface area contributed by atoms with E-state index in [4.69, 9.17) is 10.6 Å². The van der Waals surface area contributed by atoms with E-state index in [-0.39, 0.29) is 30.4 Å². The second kappa shape index (κ2) is 7.83. The molecule has 0 heterocycles. The molecule has 0 aromatic rings. The van der Waals surface area contributed by atoms with Crippen molar-refractivity contribution in [2.45, 2.75) is 37.7 Å². The molecule has 0 amide bonds. The van der Waals surface area contributed by atoms with Crippen LogP contribution in [0.4, 0.5) is 0 Å². The molecule has 13 heavy (non-hydrogen) atoms. The Hall–Kier alpha value is 0.460. The van der Waals surface area contributed by atoms with E-state index in [1.807, 2.05) is 0 Å². The van der Waals surface area contributed by atoms with Crippen molar-refractivity contribution in [3.8, 4) is 0 Å². The molecule has 1 saturated carbocycles. The normalized spacial score (nSPS) is 19.8. The van der Waals surface area contributed by atoms with Crippen molar-refractivity contribution >= 4 is 24.8 Å². The van der Waals surface area contributed by atoms with Gasteiger partial charge in [-0.25, -0.2) is 0 Å². The molecule has 0 aromatic heterocycles. The number of ether oxygens (including phenoxy) is 1. The van der Waals surface area contributed by atoms with E-state index in [1.165, 1.54) is 19.3 Å². The lowest BCUT2D eigenvalue weighted by atomic mass is 9.85. The second-order valence-corrected chi connectivity index (χ2v) is 3.33. The predicted molar refractivity (Wildman–Crippen MR) is 59.5 cm³/mol. The Morgan fingerprint density at radius 1 is 1.23 bits per heavy atom. The maximum Gasteiger partial charge on any atom is 0.0816 e. The summed E-state index contributed by atoms with van der Waals surface area (Å²) < 4.78 is 5.48. The number of nitrogens with one attached hydrogen (secondary N) is 1. The number of hydrogen-bond acceptors (Lipinski definition) is 3. The molecule has 0 unspecified atom stereocenters. The van der Waals surface area contributed by atoms with Gasteiger partial charge in [-0.3, -0.25) is 11.3 Å². The van der Waals surface area contributed by atoms with Crippen molar-refractivity contribution in [1.82, 2.24) is 5.43 Å². The van der Waals surface area contributed by atoms with Crippen LogP contribution in [-0.2, 0) is 4.74 Å². The molecule has 0 spiro atoms. The zero-order chi connectivity index (χ0) is 8.16. The highest BCUT2D eigenvalue weighted by atomic mass is 35.5. The molecule has 3 N–H and O–H groups in total. The highest BCUT2D eigenvalue weighted by Gasteiger charge is 2.30. The minimum Gasteiger partial charge on any atom is -0.377 e. The molecule has 0 atom stereocenters. The third-order valence-electron chi connectivity index (χ3n) is 2.62. The van der Waals surface area contributed by atoms with Crippen LogP contribution < -0.4 is 11.3 Å². The standard InChI is InChI=1S/C8H18N2O.2ClH/c1-11-8(7-10-9)5-3-2-4-6-8;;/h10H,2-7,9H2,1H3;2*1H. The fourth-order valence-electron chi connectivity index (χ4n) is 1.84. The van der Waals surface area contributed by atoms with Crippen LogP contribution in [0.2, 0.25) is 0 Å². The monoisotopic (exact) mass is 230 g/mol. The largest absolute Gasteiger partial charge is 0.377 e. The van der Waals surface area contributed by atoms with Gasteiger partial charge in [0, 0.05) is 13.7 Å². The number of nitrogens with two attached hydrogens (primary N) is 1. The van der Waals surface area contributed by atoms with Gasteiger partial charge in [0.15, 0.2) is 0 Å². The Morgan fingerprint density at radius 2 is 1.77 bits per heavy atom. The summed E-state index contributed by atoms with van der Waals surface area (Å²) >= 11 is 0. The minimum absolute atomic E-state index is 0. The van der Waals surface area contributed by atoms with Gasteiger partial charge in [0.05, 0.1) is 5.60 Å². The highest BCUT2D eigenvalue weighted by Crippen LogP contribution is 2.30. The molecule has 0 aliphatic heterocycles. The average molecular weight is 231 g/mol. The summed E-state index contributed by atoms with van der Waals surface area (Å²) in [5.74, 6) is 5.29. The summed E-state index contributed by atoms with van der Waals surface area (Å²) in [5, 5.41) is 0. The van der Waals surface area contributed by atoms with Gasteiger partial charge in [0.25, 0.3) is 0 Å². The molecule has 0 bridgehead atoms. The van der Waals surface area contributed by atoms with Crippen LogP contribution in [0.3, 0.4) is 0 Å². The zero-order valence-corrected chi connectivity index (χ0v) is 9.68. The van der Waals surface area contributed by atoms with Gasteiger partial charge in [0.2, 0.25) is 0 Å². The van der Waals surface area contributed by atoms with Gasteiger partial charge in [0.1, 0.15) is 0 Å². The Labute approximate surface area is 92.6 Å². The highest BCUT2D eigenvalue weighted by molar-refractivity contribution is 5.85. The van der Waals surface area contributed by atoms with Crippen LogP contribution in [0.5, 0.6) is 0 Å². The summed E-state index contributed by atoms with van der Waals surface area (Å²) in [6.07, 6.45) is 6.18. The number of rotatable bonds is 3. The van der Waals surface area contributed by atoms with Gasteiger partial charge in [-0.1, -0.05) is 19.3 Å². The van der Waals surface area contributed by atoms with Crippen LogP contribution in [0.1, 0.15) is 32.1 Å². The molecule has 1 rings (SSSR count). The van der Waals surface area contributed by atoms with E-state index in [9.17, 15) is 0 Å². The van der Waals surface area contributed by atoms with Gasteiger partial charge >= 0.3 is 0 Å². The summed E-state index contributed by atoms with van der Waals surface area (Å²) in [5.41, 5.74) is 2.74. The fraction of sp³-hybridized carbons (Fsp3) is 1.00. The predicted octanol–water partition coefficient (Wildman–Crippen LogP) is 1.64. The number of hydrogen-bond donors (Lipinski definition) is 2. The van der Waals surface area contributed by atoms with Crippen LogP contribution in [0.15, 0.2) is 0 Å². The lowest BCUT2D eigenvalue weighted by Gasteiger charge is -2.35. The molecule has 3 nitrogen and oxygen atoms in total. The van der Waals surface area contributed by atoms with E-state index in [2.05, 4.69) is 5.43 Å². The van der Waals surface area contributed by atoms with Crippen molar-refractivity contribution in [1.29, 1.82) is 0 Å². The molecular weight excluding hydrogens is 211 g/mol. The Balaban J connectivity index is 0. The Morgan fingerprint density at radius 3 is 2.15 bits per heavy atom. The maximum atomic E-state index is 5.48. The lowest BCUT2D eigenvalue weighted by molar-refractivity contribution is -0.0374. The van der Waals surface area contributed by atoms with Crippen LogP contribution in [0.25, 0.3) is 0 Å². The zero-order valence-electron chi connectivity index (χ0n) is 8.04. The smallest absolute Gasteiger partial charge is 0.0816 e.